The van der Waals surface area contributed by atoms with E-state index in [1.54, 1.807) is 18.0 Å². The zero-order valence-corrected chi connectivity index (χ0v) is 13.0. The summed E-state index contributed by atoms with van der Waals surface area (Å²) in [7, 11) is 3.51. The van der Waals surface area contributed by atoms with Gasteiger partial charge in [-0.05, 0) is 19.4 Å². The molecule has 0 spiro atoms. The van der Waals surface area contributed by atoms with Gasteiger partial charge in [-0.3, -0.25) is 4.99 Å². The van der Waals surface area contributed by atoms with Crippen molar-refractivity contribution in [3.05, 3.63) is 21.3 Å². The molecule has 0 bridgehead atoms. The lowest BCUT2D eigenvalue weighted by Crippen LogP contribution is -2.33. The smallest absolute Gasteiger partial charge is 0.130 e. The molecule has 1 aromatic rings. The Labute approximate surface area is 123 Å². The van der Waals surface area contributed by atoms with E-state index in [-0.39, 0.29) is 5.60 Å². The van der Waals surface area contributed by atoms with Crippen molar-refractivity contribution < 1.29 is 4.74 Å². The van der Waals surface area contributed by atoms with Crippen LogP contribution in [0, 0.1) is 16.0 Å². The Kier molecular flexibility index (Phi) is 3.93. The zero-order chi connectivity index (χ0) is 14.9. The lowest BCUT2D eigenvalue weighted by Gasteiger charge is -2.33. The quantitative estimate of drug-likeness (QED) is 0.516. The summed E-state index contributed by atoms with van der Waals surface area (Å²) in [5, 5.41) is 12.6. The van der Waals surface area contributed by atoms with Crippen LogP contribution in [-0.2, 0) is 24.8 Å². The minimum atomic E-state index is -0.281. The van der Waals surface area contributed by atoms with Gasteiger partial charge in [-0.1, -0.05) is 12.2 Å². The van der Waals surface area contributed by atoms with Gasteiger partial charge in [0.15, 0.2) is 0 Å². The van der Waals surface area contributed by atoms with E-state index in [4.69, 9.17) is 17.0 Å². The van der Waals surface area contributed by atoms with Gasteiger partial charge in [0, 0.05) is 26.1 Å². The van der Waals surface area contributed by atoms with E-state index in [0.717, 1.165) is 11.1 Å². The maximum Gasteiger partial charge on any atom is 0.130 e. The summed E-state index contributed by atoms with van der Waals surface area (Å²) in [6.07, 6.45) is 2.23. The number of pyridine rings is 1. The Morgan fingerprint density at radius 2 is 2.20 bits per heavy atom. The summed E-state index contributed by atoms with van der Waals surface area (Å²) in [6, 6.07) is 2.29. The Morgan fingerprint density at radius 3 is 2.80 bits per heavy atom. The predicted octanol–water partition coefficient (Wildman–Crippen LogP) is 2.55. The molecular weight excluding hydrogens is 272 g/mol. The van der Waals surface area contributed by atoms with Crippen molar-refractivity contribution in [3.8, 4) is 6.07 Å². The number of ether oxygens (including phenoxy) is 1. The van der Waals surface area contributed by atoms with E-state index in [0.29, 0.717) is 29.0 Å². The molecule has 6 heteroatoms. The molecule has 0 atom stereocenters. The van der Waals surface area contributed by atoms with Crippen molar-refractivity contribution >= 4 is 24.4 Å². The van der Waals surface area contributed by atoms with Crippen LogP contribution in [0.25, 0.3) is 0 Å². The van der Waals surface area contributed by atoms with Crippen LogP contribution in [0.5, 0.6) is 0 Å². The third-order valence-electron chi connectivity index (χ3n) is 3.45. The fraction of sp³-hybridized carbons (Fsp3) is 0.500. The Morgan fingerprint density at radius 1 is 1.50 bits per heavy atom. The van der Waals surface area contributed by atoms with Crippen LogP contribution >= 0.6 is 12.2 Å². The van der Waals surface area contributed by atoms with Crippen LogP contribution in [0.4, 0.5) is 5.82 Å². The van der Waals surface area contributed by atoms with Gasteiger partial charge in [0.1, 0.15) is 16.5 Å². The first kappa shape index (κ1) is 14.7. The van der Waals surface area contributed by atoms with Crippen LogP contribution in [0.2, 0.25) is 0 Å². The molecule has 0 unspecified atom stereocenters. The molecule has 2 heterocycles. The average molecular weight is 290 g/mol. The lowest BCUT2D eigenvalue weighted by molar-refractivity contribution is -0.0406. The SMILES string of the molecule is CN=CNc1c(C#N)c2c(c(=S)n1C)COC(C)(C)C2. The summed E-state index contributed by atoms with van der Waals surface area (Å²) in [4.78, 5) is 3.90. The van der Waals surface area contributed by atoms with Crippen molar-refractivity contribution in [1.29, 1.82) is 5.26 Å². The maximum absolute atomic E-state index is 9.54. The fourth-order valence-corrected chi connectivity index (χ4v) is 2.67. The molecular formula is C14H18N4OS. The largest absolute Gasteiger partial charge is 0.370 e. The zero-order valence-electron chi connectivity index (χ0n) is 12.1. The van der Waals surface area contributed by atoms with Crippen molar-refractivity contribution in [1.82, 2.24) is 4.57 Å². The second-order valence-electron chi connectivity index (χ2n) is 5.41. The van der Waals surface area contributed by atoms with Crippen molar-refractivity contribution in [3.63, 3.8) is 0 Å². The number of fused-ring (bicyclic) bond motifs is 1. The number of aliphatic imine (C=N–C) groups is 1. The highest BCUT2D eigenvalue weighted by atomic mass is 32.1. The molecule has 5 nitrogen and oxygen atoms in total. The molecule has 1 aliphatic rings. The average Bonchev–Trinajstić information content (AvgIpc) is 2.40. The van der Waals surface area contributed by atoms with Crippen LogP contribution < -0.4 is 5.32 Å². The standard InChI is InChI=1S/C14H18N4OS/c1-14(2)5-9-10(6-15)12(17-8-16-3)18(4)13(20)11(9)7-19-14/h8H,5,7H2,1-4H3,(H,16,17). The van der Waals surface area contributed by atoms with Crippen LogP contribution in [0.15, 0.2) is 4.99 Å². The first-order chi connectivity index (χ1) is 9.41. The van der Waals surface area contributed by atoms with Gasteiger partial charge in [-0.2, -0.15) is 5.26 Å². The van der Waals surface area contributed by atoms with E-state index >= 15 is 0 Å². The number of anilines is 1. The summed E-state index contributed by atoms with van der Waals surface area (Å²) < 4.78 is 8.31. The highest BCUT2D eigenvalue weighted by molar-refractivity contribution is 7.71. The second kappa shape index (κ2) is 5.35. The minimum absolute atomic E-state index is 0.281. The molecule has 0 saturated heterocycles. The third-order valence-corrected chi connectivity index (χ3v) is 3.97. The number of nitriles is 1. The number of rotatable bonds is 2. The van der Waals surface area contributed by atoms with Gasteiger partial charge in [0.05, 0.1) is 24.1 Å². The van der Waals surface area contributed by atoms with Crippen LogP contribution in [0.3, 0.4) is 0 Å². The number of nitrogens with one attached hydrogen (secondary N) is 1. The van der Waals surface area contributed by atoms with Crippen molar-refractivity contribution in [2.24, 2.45) is 12.0 Å². The Hall–Kier alpha value is -1.71. The predicted molar refractivity (Wildman–Crippen MR) is 81.6 cm³/mol. The molecule has 0 aliphatic carbocycles. The number of aromatic nitrogens is 1. The van der Waals surface area contributed by atoms with Gasteiger partial charge in [-0.15, -0.1) is 0 Å². The van der Waals surface area contributed by atoms with E-state index in [1.807, 2.05) is 20.9 Å². The van der Waals surface area contributed by atoms with Gasteiger partial charge < -0.3 is 14.6 Å². The van der Waals surface area contributed by atoms with Crippen molar-refractivity contribution in [2.75, 3.05) is 12.4 Å². The Balaban J connectivity index is 2.71. The number of hydrogen-bond acceptors (Lipinski definition) is 4. The van der Waals surface area contributed by atoms with Crippen LogP contribution in [0.1, 0.15) is 30.5 Å². The first-order valence-corrected chi connectivity index (χ1v) is 6.78. The molecule has 106 valence electrons. The maximum atomic E-state index is 9.54. The molecule has 2 rings (SSSR count). The first-order valence-electron chi connectivity index (χ1n) is 6.37. The second-order valence-corrected chi connectivity index (χ2v) is 5.80. The third kappa shape index (κ3) is 2.47. The van der Waals surface area contributed by atoms with Crippen molar-refractivity contribution in [2.45, 2.75) is 32.5 Å². The molecule has 0 aromatic carbocycles. The van der Waals surface area contributed by atoms with E-state index < -0.39 is 0 Å². The lowest BCUT2D eigenvalue weighted by atomic mass is 9.89. The molecule has 0 saturated carbocycles. The van der Waals surface area contributed by atoms with Gasteiger partial charge in [-0.25, -0.2) is 0 Å². The summed E-state index contributed by atoms with van der Waals surface area (Å²) >= 11 is 5.49. The number of nitrogens with zero attached hydrogens (tertiary/aromatic N) is 3. The van der Waals surface area contributed by atoms with Gasteiger partial charge in [0.2, 0.25) is 0 Å². The fourth-order valence-electron chi connectivity index (χ4n) is 2.40. The molecule has 1 aromatic heterocycles. The molecule has 1 aliphatic heterocycles. The normalized spacial score (nSPS) is 16.8. The Bertz CT molecular complexity index is 667. The minimum Gasteiger partial charge on any atom is -0.370 e. The molecule has 0 fully saturated rings. The highest BCUT2D eigenvalue weighted by Gasteiger charge is 2.30. The molecule has 1 N–H and O–H groups in total. The van der Waals surface area contributed by atoms with E-state index in [2.05, 4.69) is 16.4 Å². The van der Waals surface area contributed by atoms with Crippen LogP contribution in [-0.4, -0.2) is 23.6 Å². The van der Waals surface area contributed by atoms with E-state index in [1.165, 1.54) is 0 Å². The molecule has 0 radical (unpaired) electrons. The monoisotopic (exact) mass is 290 g/mol. The summed E-state index contributed by atoms with van der Waals surface area (Å²) in [6.45, 7) is 4.49. The van der Waals surface area contributed by atoms with Gasteiger partial charge >= 0.3 is 0 Å². The van der Waals surface area contributed by atoms with E-state index in [9.17, 15) is 5.26 Å². The highest BCUT2D eigenvalue weighted by Crippen LogP contribution is 2.33. The van der Waals surface area contributed by atoms with Gasteiger partial charge in [0.25, 0.3) is 0 Å². The summed E-state index contributed by atoms with van der Waals surface area (Å²) in [5.74, 6) is 0.680. The summed E-state index contributed by atoms with van der Waals surface area (Å²) in [5.41, 5.74) is 2.26. The molecule has 20 heavy (non-hydrogen) atoms. The topological polar surface area (TPSA) is 62.3 Å². The number of hydrogen-bond donors (Lipinski definition) is 1. The molecule has 0 amide bonds.